The maximum absolute atomic E-state index is 13.2. The lowest BCUT2D eigenvalue weighted by Gasteiger charge is -2.46. The summed E-state index contributed by atoms with van der Waals surface area (Å²) in [4.78, 5) is 13.2. The first-order valence-electron chi connectivity index (χ1n) is 27.2. The van der Waals surface area contributed by atoms with Gasteiger partial charge in [-0.1, -0.05) is 192 Å². The second-order valence-electron chi connectivity index (χ2n) is 19.3. The fourth-order valence-electron chi connectivity index (χ4n) is 8.85. The lowest BCUT2D eigenvalue weighted by Crippen LogP contribution is -2.65. The highest BCUT2D eigenvalue weighted by Gasteiger charge is 2.51. The molecule has 2 saturated heterocycles. The van der Waals surface area contributed by atoms with Crippen molar-refractivity contribution in [1.29, 1.82) is 0 Å². The number of unbranched alkanes of at least 4 members (excludes halogenated alkanes) is 25. The summed E-state index contributed by atoms with van der Waals surface area (Å²) in [6.45, 7) is 2.77. The molecule has 9 N–H and O–H groups in total. The van der Waals surface area contributed by atoms with E-state index in [1.54, 1.807) is 6.08 Å². The molecule has 14 heteroatoms. The van der Waals surface area contributed by atoms with Gasteiger partial charge < -0.3 is 65.1 Å². The Hall–Kier alpha value is -1.79. The molecule has 0 aromatic rings. The first-order valence-corrected chi connectivity index (χ1v) is 27.2. The molecule has 0 spiro atoms. The molecule has 68 heavy (non-hydrogen) atoms. The highest BCUT2D eigenvalue weighted by molar-refractivity contribution is 5.76. The van der Waals surface area contributed by atoms with E-state index >= 15 is 0 Å². The lowest BCUT2D eigenvalue weighted by molar-refractivity contribution is -0.359. The van der Waals surface area contributed by atoms with Gasteiger partial charge in [-0.3, -0.25) is 4.79 Å². The fraction of sp³-hybridized carbons (Fsp3) is 0.870. The Labute approximate surface area is 411 Å². The van der Waals surface area contributed by atoms with Crippen molar-refractivity contribution >= 4 is 5.91 Å². The van der Waals surface area contributed by atoms with Gasteiger partial charge in [-0.2, -0.15) is 0 Å². The van der Waals surface area contributed by atoms with Crippen LogP contribution in [0.4, 0.5) is 0 Å². The molecule has 0 saturated carbocycles. The smallest absolute Gasteiger partial charge is 0.220 e. The maximum atomic E-state index is 13.2. The van der Waals surface area contributed by atoms with E-state index in [0.29, 0.717) is 12.8 Å². The second-order valence-corrected chi connectivity index (χ2v) is 19.3. The molecule has 0 aromatic carbocycles. The Bertz CT molecular complexity index is 1280. The van der Waals surface area contributed by atoms with Crippen LogP contribution in [0.25, 0.3) is 0 Å². The van der Waals surface area contributed by atoms with E-state index in [2.05, 4.69) is 43.5 Å². The normalized spacial score (nSPS) is 26.6. The minimum atomic E-state index is -1.79. The van der Waals surface area contributed by atoms with Crippen LogP contribution >= 0.6 is 0 Å². The number of aliphatic hydroxyl groups is 8. The van der Waals surface area contributed by atoms with Gasteiger partial charge in [0.15, 0.2) is 12.6 Å². The van der Waals surface area contributed by atoms with Gasteiger partial charge in [-0.25, -0.2) is 0 Å². The van der Waals surface area contributed by atoms with Gasteiger partial charge in [-0.05, 0) is 44.9 Å². The molecule has 398 valence electrons. The van der Waals surface area contributed by atoms with Gasteiger partial charge in [0.2, 0.25) is 5.91 Å². The summed E-state index contributed by atoms with van der Waals surface area (Å²) in [5.41, 5.74) is 0. The van der Waals surface area contributed by atoms with Gasteiger partial charge in [0.05, 0.1) is 32.0 Å². The molecule has 12 atom stereocenters. The number of aliphatic hydroxyl groups excluding tert-OH is 8. The third-order valence-electron chi connectivity index (χ3n) is 13.3. The molecule has 2 aliphatic heterocycles. The van der Waals surface area contributed by atoms with E-state index in [4.69, 9.17) is 18.9 Å². The number of hydrogen-bond acceptors (Lipinski definition) is 13. The molecular weight excluding hydrogens is 871 g/mol. The number of carbonyl (C=O) groups excluding carboxylic acids is 1. The topological polar surface area (TPSA) is 228 Å². The van der Waals surface area contributed by atoms with Crippen LogP contribution in [0.2, 0.25) is 0 Å². The molecule has 2 aliphatic rings. The van der Waals surface area contributed by atoms with Crippen LogP contribution in [-0.4, -0.2) is 140 Å². The Balaban J connectivity index is 1.85. The lowest BCUT2D eigenvalue weighted by atomic mass is 9.97. The minimum Gasteiger partial charge on any atom is -0.394 e. The third kappa shape index (κ3) is 27.1. The number of allylic oxidation sites excluding steroid dienone is 5. The molecule has 0 bridgehead atoms. The molecular formula is C54H99NO13. The predicted octanol–water partition coefficient (Wildman–Crippen LogP) is 7.88. The Morgan fingerprint density at radius 3 is 1.44 bits per heavy atom. The number of rotatable bonds is 42. The molecule has 2 heterocycles. The Kier molecular flexibility index (Phi) is 37.4. The summed E-state index contributed by atoms with van der Waals surface area (Å²) < 4.78 is 22.7. The monoisotopic (exact) mass is 970 g/mol. The summed E-state index contributed by atoms with van der Waals surface area (Å²) in [5, 5.41) is 86.8. The minimum absolute atomic E-state index is 0.252. The quantitative estimate of drug-likeness (QED) is 0.0210. The molecule has 0 aliphatic carbocycles. The number of carbonyl (C=O) groups is 1. The standard InChI is InChI=1S/C54H99NO13/c1-3-5-7-9-11-13-15-17-19-21-22-23-25-27-29-31-33-35-37-43(58)42(55-46(59)38-36-34-32-30-28-26-24-20-18-16-14-12-10-8-6-4-2)41-65-53-51(64)49(62)52(45(40-57)67-53)68-54-50(63)48(61)47(60)44(39-56)66-54/h21-22,27,29,35,37,42-45,47-54,56-58,60-64H,3-20,23-26,28,30-34,36,38-41H2,1-2H3,(H,55,59)/b22-21+,29-27+,37-35+. The van der Waals surface area contributed by atoms with Gasteiger partial charge in [-0.15, -0.1) is 0 Å². The van der Waals surface area contributed by atoms with Gasteiger partial charge in [0, 0.05) is 6.42 Å². The maximum Gasteiger partial charge on any atom is 0.220 e. The van der Waals surface area contributed by atoms with E-state index in [1.807, 2.05) is 6.08 Å². The van der Waals surface area contributed by atoms with Gasteiger partial charge >= 0.3 is 0 Å². The number of ether oxygens (including phenoxy) is 4. The number of hydrogen-bond donors (Lipinski definition) is 9. The molecule has 2 fully saturated rings. The van der Waals surface area contributed by atoms with Crippen LogP contribution in [0.1, 0.15) is 206 Å². The van der Waals surface area contributed by atoms with Crippen molar-refractivity contribution in [3.63, 3.8) is 0 Å². The van der Waals surface area contributed by atoms with Crippen LogP contribution in [-0.2, 0) is 23.7 Å². The van der Waals surface area contributed by atoms with Crippen molar-refractivity contribution in [2.24, 2.45) is 0 Å². The largest absolute Gasteiger partial charge is 0.394 e. The third-order valence-corrected chi connectivity index (χ3v) is 13.3. The van der Waals surface area contributed by atoms with Crippen molar-refractivity contribution in [1.82, 2.24) is 5.32 Å². The van der Waals surface area contributed by atoms with E-state index in [1.165, 1.54) is 128 Å². The van der Waals surface area contributed by atoms with Crippen LogP contribution in [0, 0.1) is 0 Å². The van der Waals surface area contributed by atoms with Crippen molar-refractivity contribution in [3.8, 4) is 0 Å². The molecule has 0 aromatic heterocycles. The van der Waals surface area contributed by atoms with Gasteiger partial charge in [0.25, 0.3) is 0 Å². The summed E-state index contributed by atoms with van der Waals surface area (Å²) in [6.07, 6.45) is 30.4. The van der Waals surface area contributed by atoms with E-state index in [9.17, 15) is 45.6 Å². The van der Waals surface area contributed by atoms with E-state index in [0.717, 1.165) is 44.9 Å². The van der Waals surface area contributed by atoms with E-state index in [-0.39, 0.29) is 18.9 Å². The van der Waals surface area contributed by atoms with Crippen LogP contribution < -0.4 is 5.32 Å². The molecule has 2 rings (SSSR count). The van der Waals surface area contributed by atoms with Crippen molar-refractivity contribution < 1.29 is 64.6 Å². The predicted molar refractivity (Wildman–Crippen MR) is 268 cm³/mol. The van der Waals surface area contributed by atoms with Crippen molar-refractivity contribution in [3.05, 3.63) is 36.5 Å². The highest BCUT2D eigenvalue weighted by Crippen LogP contribution is 2.30. The average Bonchev–Trinajstić information content (AvgIpc) is 3.34. The second kappa shape index (κ2) is 40.8. The summed E-state index contributed by atoms with van der Waals surface area (Å²) in [7, 11) is 0. The van der Waals surface area contributed by atoms with Gasteiger partial charge in [0.1, 0.15) is 48.8 Å². The number of nitrogens with one attached hydrogen (secondary N) is 1. The number of amides is 1. The summed E-state index contributed by atoms with van der Waals surface area (Å²) >= 11 is 0. The Morgan fingerprint density at radius 2 is 0.941 bits per heavy atom. The van der Waals surface area contributed by atoms with Crippen LogP contribution in [0.5, 0.6) is 0 Å². The van der Waals surface area contributed by atoms with Crippen molar-refractivity contribution in [2.45, 2.75) is 280 Å². The zero-order valence-corrected chi connectivity index (χ0v) is 42.3. The fourth-order valence-corrected chi connectivity index (χ4v) is 8.85. The molecule has 1 amide bonds. The zero-order valence-electron chi connectivity index (χ0n) is 42.3. The molecule has 12 unspecified atom stereocenters. The van der Waals surface area contributed by atoms with Crippen molar-refractivity contribution in [2.75, 3.05) is 19.8 Å². The summed E-state index contributed by atoms with van der Waals surface area (Å²) in [6, 6.07) is -0.934. The molecule has 0 radical (unpaired) electrons. The van der Waals surface area contributed by atoms with Crippen LogP contribution in [0.15, 0.2) is 36.5 Å². The highest BCUT2D eigenvalue weighted by atomic mass is 16.7. The average molecular weight is 970 g/mol. The zero-order chi connectivity index (χ0) is 49.6. The molecule has 14 nitrogen and oxygen atoms in total. The van der Waals surface area contributed by atoms with E-state index < -0.39 is 86.8 Å². The SMILES string of the molecule is CCCCCCCCCC/C=C/CC/C=C/CC/C=C/C(O)C(COC1OC(CO)C(OC2OC(CO)C(O)C(O)C2O)C(O)C1O)NC(=O)CCCCCCCCCCCCCCCCCC. The first kappa shape index (κ1) is 62.3. The Morgan fingerprint density at radius 1 is 0.515 bits per heavy atom. The summed E-state index contributed by atoms with van der Waals surface area (Å²) in [5.74, 6) is -0.252. The van der Waals surface area contributed by atoms with Crippen LogP contribution in [0.3, 0.4) is 0 Å². The first-order chi connectivity index (χ1) is 33.1.